The van der Waals surface area contributed by atoms with Gasteiger partial charge < -0.3 is 24.7 Å². The lowest BCUT2D eigenvalue weighted by molar-refractivity contribution is 0.0471. The minimum absolute atomic E-state index is 0.0626. The highest BCUT2D eigenvalue weighted by Crippen LogP contribution is 2.39. The van der Waals surface area contributed by atoms with Crippen molar-refractivity contribution in [2.24, 2.45) is 23.5 Å². The van der Waals surface area contributed by atoms with Crippen molar-refractivity contribution in [3.05, 3.63) is 90.0 Å². The van der Waals surface area contributed by atoms with E-state index < -0.39 is 0 Å². The summed E-state index contributed by atoms with van der Waals surface area (Å²) < 4.78 is 4.79. The predicted molar refractivity (Wildman–Crippen MR) is 175 cm³/mol. The van der Waals surface area contributed by atoms with Crippen molar-refractivity contribution in [3.63, 3.8) is 0 Å². The van der Waals surface area contributed by atoms with Crippen molar-refractivity contribution in [1.29, 1.82) is 0 Å². The molecule has 5 aromatic rings. The Bertz CT molecular complexity index is 1950. The van der Waals surface area contributed by atoms with E-state index in [2.05, 4.69) is 45.5 Å². The molecule has 2 aliphatic heterocycles. The van der Waals surface area contributed by atoms with Crippen LogP contribution in [-0.2, 0) is 13.1 Å². The molecule has 2 saturated heterocycles. The Kier molecular flexibility index (Phi) is 6.17. The first-order chi connectivity index (χ1) is 22.0. The lowest BCUT2D eigenvalue weighted by Crippen LogP contribution is -2.51. The van der Waals surface area contributed by atoms with Crippen LogP contribution in [0.3, 0.4) is 0 Å². The molecule has 4 heterocycles. The van der Waals surface area contributed by atoms with Gasteiger partial charge in [-0.15, -0.1) is 0 Å². The van der Waals surface area contributed by atoms with Gasteiger partial charge in [0.05, 0.1) is 16.7 Å². The third-order valence-electron chi connectivity index (χ3n) is 10.8. The summed E-state index contributed by atoms with van der Waals surface area (Å²) >= 11 is 0. The number of carbonyl (C=O) groups excluding carboxylic acids is 2. The third-order valence-corrected chi connectivity index (χ3v) is 10.8. The Morgan fingerprint density at radius 3 is 2.27 bits per heavy atom. The number of para-hydroxylation sites is 1. The highest BCUT2D eigenvalue weighted by Gasteiger charge is 2.47. The number of aromatic nitrogens is 3. The Morgan fingerprint density at radius 1 is 0.733 bits per heavy atom. The smallest absolute Gasteiger partial charge is 0.254 e. The van der Waals surface area contributed by atoms with Gasteiger partial charge in [0.25, 0.3) is 11.8 Å². The normalized spacial score (nSPS) is 22.9. The zero-order valence-electron chi connectivity index (χ0n) is 25.4. The van der Waals surface area contributed by atoms with Crippen LogP contribution in [0, 0.1) is 17.8 Å². The number of imidazole rings is 1. The number of hydrogen-bond donors (Lipinski definition) is 1. The molecule has 2 aromatic heterocycles. The molecule has 2 unspecified atom stereocenters. The Labute approximate surface area is 262 Å². The summed E-state index contributed by atoms with van der Waals surface area (Å²) in [5, 5.41) is 1.21. The van der Waals surface area contributed by atoms with Gasteiger partial charge in [-0.2, -0.15) is 0 Å². The van der Waals surface area contributed by atoms with Gasteiger partial charge in [-0.1, -0.05) is 36.4 Å². The van der Waals surface area contributed by atoms with Crippen LogP contribution in [0.15, 0.2) is 78.9 Å². The summed E-state index contributed by atoms with van der Waals surface area (Å²) in [6.45, 7) is 3.92. The second-order valence-electron chi connectivity index (χ2n) is 13.8. The minimum Gasteiger partial charge on any atom is -0.338 e. The Balaban J connectivity index is 1.08. The molecule has 0 radical (unpaired) electrons. The highest BCUT2D eigenvalue weighted by molar-refractivity contribution is 5.99. The Hall–Kier alpha value is -4.43. The molecule has 228 valence electrons. The molecule has 2 N–H and O–H groups in total. The van der Waals surface area contributed by atoms with E-state index in [0.717, 1.165) is 60.6 Å². The first-order valence-electron chi connectivity index (χ1n) is 16.5. The van der Waals surface area contributed by atoms with Crippen LogP contribution in [-0.4, -0.2) is 67.5 Å². The zero-order valence-corrected chi connectivity index (χ0v) is 25.4. The second kappa shape index (κ2) is 10.3. The molecule has 8 nitrogen and oxygen atoms in total. The predicted octanol–water partition coefficient (Wildman–Crippen LogP) is 5.40. The average Bonchev–Trinajstić information content (AvgIpc) is 3.41. The van der Waals surface area contributed by atoms with Crippen LogP contribution < -0.4 is 5.73 Å². The number of nitrogens with two attached hydrogens (primary N) is 1. The molecule has 3 atom stereocenters. The fourth-order valence-electron chi connectivity index (χ4n) is 8.11. The van der Waals surface area contributed by atoms with E-state index in [1.54, 1.807) is 0 Å². The van der Waals surface area contributed by atoms with Crippen molar-refractivity contribution in [3.8, 4) is 11.5 Å². The molecule has 3 aromatic carbocycles. The molecular weight excluding hydrogens is 560 g/mol. The number of amides is 2. The van der Waals surface area contributed by atoms with Gasteiger partial charge in [-0.05, 0) is 80.0 Å². The van der Waals surface area contributed by atoms with Crippen molar-refractivity contribution in [1.82, 2.24) is 23.9 Å². The molecule has 2 aliphatic carbocycles. The standard InChI is InChI=1S/C37H38N6O2/c38-34-28-13-15-32(34)43(22-28)37(45)27-12-14-31-29(16-27)39-35(33-17-26-8-4-5-9-30(26)41(33)20-23-10-11-23)42(31)21-24-18-40(19-24)36(44)25-6-2-1-3-7-25/h1-9,12,14,16-17,23-24,28,32,34H,10-11,13,15,18-22,38H2/t28?,32?,34-/m1/s1. The summed E-state index contributed by atoms with van der Waals surface area (Å²) in [4.78, 5) is 36.0. The quantitative estimate of drug-likeness (QED) is 0.272. The van der Waals surface area contributed by atoms with Crippen molar-refractivity contribution in [2.75, 3.05) is 19.6 Å². The zero-order chi connectivity index (χ0) is 30.2. The van der Waals surface area contributed by atoms with Gasteiger partial charge in [0.1, 0.15) is 0 Å². The molecular formula is C37H38N6O2. The molecule has 4 fully saturated rings. The van der Waals surface area contributed by atoms with Crippen molar-refractivity contribution in [2.45, 2.75) is 50.9 Å². The molecule has 8 heteroatoms. The van der Waals surface area contributed by atoms with Gasteiger partial charge in [-0.25, -0.2) is 4.98 Å². The van der Waals surface area contributed by atoms with E-state index in [-0.39, 0.29) is 23.9 Å². The molecule has 2 amide bonds. The van der Waals surface area contributed by atoms with Crippen LogP contribution in [0.25, 0.3) is 33.5 Å². The summed E-state index contributed by atoms with van der Waals surface area (Å²) in [5.74, 6) is 2.52. The minimum atomic E-state index is 0.0626. The SMILES string of the molecule is N[C@@H]1C2CCC1N(C(=O)c1ccc3c(c1)nc(-c1cc4ccccc4n1CC1CC1)n3CC1CN(C(=O)c3ccccc3)C1)C2. The van der Waals surface area contributed by atoms with Gasteiger partial charge >= 0.3 is 0 Å². The maximum absolute atomic E-state index is 13.7. The monoisotopic (exact) mass is 598 g/mol. The fourth-order valence-corrected chi connectivity index (χ4v) is 8.11. The van der Waals surface area contributed by atoms with Crippen LogP contribution in [0.2, 0.25) is 0 Å². The molecule has 9 rings (SSSR count). The van der Waals surface area contributed by atoms with E-state index in [4.69, 9.17) is 10.7 Å². The molecule has 4 aliphatic rings. The topological polar surface area (TPSA) is 89.4 Å². The number of carbonyl (C=O) groups is 2. The summed E-state index contributed by atoms with van der Waals surface area (Å²) in [5.41, 5.74) is 12.1. The molecule has 2 bridgehead atoms. The van der Waals surface area contributed by atoms with E-state index in [1.165, 1.54) is 23.7 Å². The number of rotatable bonds is 7. The van der Waals surface area contributed by atoms with E-state index in [1.807, 2.05) is 52.3 Å². The average molecular weight is 599 g/mol. The summed E-state index contributed by atoms with van der Waals surface area (Å²) in [6.07, 6.45) is 4.65. The van der Waals surface area contributed by atoms with Gasteiger partial charge in [0.15, 0.2) is 5.82 Å². The Morgan fingerprint density at radius 2 is 1.51 bits per heavy atom. The van der Waals surface area contributed by atoms with Crippen molar-refractivity contribution < 1.29 is 9.59 Å². The summed E-state index contributed by atoms with van der Waals surface area (Å²) in [7, 11) is 0. The lowest BCUT2D eigenvalue weighted by atomic mass is 9.98. The molecule has 0 spiro atoms. The number of piperidine rings is 1. The van der Waals surface area contributed by atoms with Crippen LogP contribution in [0.4, 0.5) is 0 Å². The largest absolute Gasteiger partial charge is 0.338 e. The van der Waals surface area contributed by atoms with E-state index in [0.29, 0.717) is 36.4 Å². The van der Waals surface area contributed by atoms with Crippen molar-refractivity contribution >= 4 is 33.8 Å². The van der Waals surface area contributed by atoms with Gasteiger partial charge in [0.2, 0.25) is 0 Å². The van der Waals surface area contributed by atoms with Crippen LogP contribution in [0.1, 0.15) is 46.4 Å². The number of likely N-dealkylation sites (tertiary alicyclic amines) is 2. The van der Waals surface area contributed by atoms with E-state index >= 15 is 0 Å². The fraction of sp³-hybridized carbons (Fsp3) is 0.378. The maximum Gasteiger partial charge on any atom is 0.254 e. The number of nitrogens with zero attached hydrogens (tertiary/aromatic N) is 5. The third kappa shape index (κ3) is 4.49. The van der Waals surface area contributed by atoms with Crippen LogP contribution in [0.5, 0.6) is 0 Å². The molecule has 45 heavy (non-hydrogen) atoms. The van der Waals surface area contributed by atoms with Gasteiger partial charge in [0, 0.05) is 72.8 Å². The number of fused-ring (bicyclic) bond motifs is 4. The van der Waals surface area contributed by atoms with Gasteiger partial charge in [-0.3, -0.25) is 9.59 Å². The van der Waals surface area contributed by atoms with Crippen LogP contribution >= 0.6 is 0 Å². The second-order valence-corrected chi connectivity index (χ2v) is 13.8. The lowest BCUT2D eigenvalue weighted by Gasteiger charge is -2.39. The number of benzene rings is 3. The number of hydrogen-bond acceptors (Lipinski definition) is 4. The highest BCUT2D eigenvalue weighted by atomic mass is 16.2. The first kappa shape index (κ1) is 26.9. The van der Waals surface area contributed by atoms with E-state index in [9.17, 15) is 9.59 Å². The maximum atomic E-state index is 13.7. The molecule has 2 saturated carbocycles. The summed E-state index contributed by atoms with van der Waals surface area (Å²) in [6, 6.07) is 26.7. The first-order valence-corrected chi connectivity index (χ1v) is 16.5.